The summed E-state index contributed by atoms with van der Waals surface area (Å²) in [5.41, 5.74) is 2.26. The number of aromatic carboxylic acids is 1. The fraction of sp³-hybridized carbons (Fsp3) is 0.500. The molecule has 2 aliphatic rings. The number of carboxylic acids is 1. The first kappa shape index (κ1) is 13.9. The maximum Gasteiger partial charge on any atom is 0.335 e. The lowest BCUT2D eigenvalue weighted by Crippen LogP contribution is -2.43. The third-order valence-corrected chi connectivity index (χ3v) is 4.66. The molecule has 1 aromatic carbocycles. The monoisotopic (exact) mass is 288 g/mol. The van der Waals surface area contributed by atoms with Gasteiger partial charge in [0.1, 0.15) is 0 Å². The second-order valence-electron chi connectivity index (χ2n) is 6.12. The highest BCUT2D eigenvalue weighted by molar-refractivity contribution is 5.88. The van der Waals surface area contributed by atoms with Crippen LogP contribution in [0.4, 0.5) is 4.79 Å². The summed E-state index contributed by atoms with van der Waals surface area (Å²) < 4.78 is 0. The Morgan fingerprint density at radius 1 is 1.29 bits per heavy atom. The summed E-state index contributed by atoms with van der Waals surface area (Å²) in [4.78, 5) is 27.2. The van der Waals surface area contributed by atoms with Crippen LogP contribution in [0.2, 0.25) is 0 Å². The van der Waals surface area contributed by atoms with Crippen LogP contribution in [-0.4, -0.2) is 40.0 Å². The van der Waals surface area contributed by atoms with Gasteiger partial charge in [-0.15, -0.1) is 0 Å². The Kier molecular flexibility index (Phi) is 3.35. The van der Waals surface area contributed by atoms with Crippen molar-refractivity contribution in [3.63, 3.8) is 0 Å². The summed E-state index contributed by atoms with van der Waals surface area (Å²) in [5.74, 6) is -0.287. The molecule has 1 aliphatic carbocycles. The van der Waals surface area contributed by atoms with Crippen LogP contribution in [-0.2, 0) is 13.1 Å². The van der Waals surface area contributed by atoms with Gasteiger partial charge < -0.3 is 14.9 Å². The number of nitrogens with zero attached hydrogens (tertiary/aromatic N) is 2. The van der Waals surface area contributed by atoms with E-state index in [0.29, 0.717) is 19.0 Å². The Labute approximate surface area is 124 Å². The van der Waals surface area contributed by atoms with Gasteiger partial charge in [0.25, 0.3) is 0 Å². The Morgan fingerprint density at radius 3 is 2.57 bits per heavy atom. The average molecular weight is 288 g/mol. The summed E-state index contributed by atoms with van der Waals surface area (Å²) in [6.07, 6.45) is 2.42. The van der Waals surface area contributed by atoms with Crippen molar-refractivity contribution in [2.75, 3.05) is 7.05 Å². The molecule has 1 aromatic rings. The first-order valence-corrected chi connectivity index (χ1v) is 7.34. The molecule has 3 rings (SSSR count). The summed E-state index contributed by atoms with van der Waals surface area (Å²) in [5, 5.41) is 9.03. The number of amides is 2. The Bertz CT molecular complexity index is 595. The molecule has 2 amide bonds. The molecule has 0 aromatic heterocycles. The molecular formula is C16H20N2O3. The molecular weight excluding hydrogens is 268 g/mol. The molecule has 0 bridgehead atoms. The SMILES string of the molecule is CC(C1CC1)N(C)C(=O)N1Cc2ccc(C(=O)O)cc2C1. The number of rotatable bonds is 3. The summed E-state index contributed by atoms with van der Waals surface area (Å²) in [6.45, 7) is 3.16. The van der Waals surface area contributed by atoms with Gasteiger partial charge in [-0.05, 0) is 48.9 Å². The fourth-order valence-corrected chi connectivity index (χ4v) is 2.95. The van der Waals surface area contributed by atoms with E-state index < -0.39 is 5.97 Å². The number of carbonyl (C=O) groups is 2. The molecule has 0 radical (unpaired) electrons. The van der Waals surface area contributed by atoms with Crippen LogP contribution in [0.25, 0.3) is 0 Å². The van der Waals surface area contributed by atoms with Crippen molar-refractivity contribution in [2.45, 2.75) is 38.9 Å². The van der Waals surface area contributed by atoms with Crippen LogP contribution >= 0.6 is 0 Å². The van der Waals surface area contributed by atoms with E-state index in [4.69, 9.17) is 5.11 Å². The van der Waals surface area contributed by atoms with E-state index in [1.165, 1.54) is 12.8 Å². The van der Waals surface area contributed by atoms with Crippen molar-refractivity contribution in [1.82, 2.24) is 9.80 Å². The van der Waals surface area contributed by atoms with E-state index in [9.17, 15) is 9.59 Å². The molecule has 1 saturated carbocycles. The number of fused-ring (bicyclic) bond motifs is 1. The van der Waals surface area contributed by atoms with Gasteiger partial charge in [0.15, 0.2) is 0 Å². The molecule has 0 saturated heterocycles. The molecule has 5 nitrogen and oxygen atoms in total. The Balaban J connectivity index is 1.71. The van der Waals surface area contributed by atoms with E-state index >= 15 is 0 Å². The zero-order valence-corrected chi connectivity index (χ0v) is 12.4. The van der Waals surface area contributed by atoms with Crippen molar-refractivity contribution >= 4 is 12.0 Å². The highest BCUT2D eigenvalue weighted by Gasteiger charge is 2.35. The lowest BCUT2D eigenvalue weighted by atomic mass is 10.1. The van der Waals surface area contributed by atoms with Gasteiger partial charge in [-0.3, -0.25) is 0 Å². The van der Waals surface area contributed by atoms with E-state index in [1.54, 1.807) is 17.0 Å². The van der Waals surface area contributed by atoms with E-state index in [1.807, 2.05) is 18.0 Å². The van der Waals surface area contributed by atoms with Gasteiger partial charge in [-0.2, -0.15) is 0 Å². The van der Waals surface area contributed by atoms with Gasteiger partial charge in [-0.1, -0.05) is 6.07 Å². The first-order chi connectivity index (χ1) is 9.97. The number of carboxylic acid groups (broad SMARTS) is 1. The number of benzene rings is 1. The highest BCUT2D eigenvalue weighted by atomic mass is 16.4. The van der Waals surface area contributed by atoms with Gasteiger partial charge in [0.05, 0.1) is 5.56 Å². The number of hydrogen-bond donors (Lipinski definition) is 1. The molecule has 1 fully saturated rings. The largest absolute Gasteiger partial charge is 0.478 e. The predicted octanol–water partition coefficient (Wildman–Crippen LogP) is 2.55. The lowest BCUT2D eigenvalue weighted by molar-refractivity contribution is 0.0696. The third-order valence-electron chi connectivity index (χ3n) is 4.66. The van der Waals surface area contributed by atoms with Gasteiger partial charge in [-0.25, -0.2) is 9.59 Å². The highest BCUT2D eigenvalue weighted by Crippen LogP contribution is 2.35. The molecule has 5 heteroatoms. The molecule has 1 heterocycles. The van der Waals surface area contributed by atoms with E-state index in [-0.39, 0.29) is 17.6 Å². The van der Waals surface area contributed by atoms with Crippen LogP contribution in [0.1, 0.15) is 41.3 Å². The number of hydrogen-bond acceptors (Lipinski definition) is 2. The van der Waals surface area contributed by atoms with Crippen molar-refractivity contribution in [2.24, 2.45) is 5.92 Å². The molecule has 1 atom stereocenters. The third kappa shape index (κ3) is 2.60. The summed E-state index contributed by atoms with van der Waals surface area (Å²) >= 11 is 0. The first-order valence-electron chi connectivity index (χ1n) is 7.34. The van der Waals surface area contributed by atoms with Crippen LogP contribution in [0.15, 0.2) is 18.2 Å². The zero-order chi connectivity index (χ0) is 15.1. The predicted molar refractivity (Wildman–Crippen MR) is 78.0 cm³/mol. The summed E-state index contributed by atoms with van der Waals surface area (Å²) in [7, 11) is 1.86. The zero-order valence-electron chi connectivity index (χ0n) is 12.4. The van der Waals surface area contributed by atoms with Gasteiger partial charge in [0, 0.05) is 26.2 Å². The van der Waals surface area contributed by atoms with Crippen LogP contribution < -0.4 is 0 Å². The molecule has 1 aliphatic heterocycles. The van der Waals surface area contributed by atoms with Crippen molar-refractivity contribution in [3.05, 3.63) is 34.9 Å². The maximum atomic E-state index is 12.5. The average Bonchev–Trinajstić information content (AvgIpc) is 3.23. The minimum atomic E-state index is -0.929. The van der Waals surface area contributed by atoms with Gasteiger partial charge >= 0.3 is 12.0 Å². The second-order valence-corrected chi connectivity index (χ2v) is 6.12. The lowest BCUT2D eigenvalue weighted by Gasteiger charge is -2.29. The van der Waals surface area contributed by atoms with E-state index in [0.717, 1.165) is 11.1 Å². The van der Waals surface area contributed by atoms with E-state index in [2.05, 4.69) is 6.92 Å². The molecule has 21 heavy (non-hydrogen) atoms. The minimum Gasteiger partial charge on any atom is -0.478 e. The second kappa shape index (κ2) is 5.06. The number of carbonyl (C=O) groups excluding carboxylic acids is 1. The van der Waals surface area contributed by atoms with Crippen molar-refractivity contribution < 1.29 is 14.7 Å². The summed E-state index contributed by atoms with van der Waals surface area (Å²) in [6, 6.07) is 5.40. The Morgan fingerprint density at radius 2 is 1.95 bits per heavy atom. The fourth-order valence-electron chi connectivity index (χ4n) is 2.95. The van der Waals surface area contributed by atoms with Crippen LogP contribution in [0, 0.1) is 5.92 Å². The van der Waals surface area contributed by atoms with Crippen LogP contribution in [0.3, 0.4) is 0 Å². The molecule has 1 unspecified atom stereocenters. The normalized spacial score (nSPS) is 18.3. The quantitative estimate of drug-likeness (QED) is 0.929. The Hall–Kier alpha value is -2.04. The minimum absolute atomic E-state index is 0.0301. The molecule has 112 valence electrons. The molecule has 0 spiro atoms. The van der Waals surface area contributed by atoms with Gasteiger partial charge in [0.2, 0.25) is 0 Å². The standard InChI is InChI=1S/C16H20N2O3/c1-10(11-3-4-11)17(2)16(21)18-8-13-6-5-12(15(19)20)7-14(13)9-18/h5-7,10-11H,3-4,8-9H2,1-2H3,(H,19,20). The van der Waals surface area contributed by atoms with Crippen LogP contribution in [0.5, 0.6) is 0 Å². The topological polar surface area (TPSA) is 60.9 Å². The smallest absolute Gasteiger partial charge is 0.335 e. The molecule has 1 N–H and O–H groups in total. The van der Waals surface area contributed by atoms with Crippen molar-refractivity contribution in [1.29, 1.82) is 0 Å². The van der Waals surface area contributed by atoms with Crippen molar-refractivity contribution in [3.8, 4) is 0 Å². The maximum absolute atomic E-state index is 12.5. The number of urea groups is 1.